The minimum absolute atomic E-state index is 0.106. The molecule has 0 aliphatic carbocycles. The molecule has 1 atom stereocenters. The number of nitrogens with zero attached hydrogens (tertiary/aromatic N) is 2. The smallest absolute Gasteiger partial charge is 0.243 e. The molecular formula is C13H19ClN2O2S. The molecule has 1 aromatic rings. The number of benzene rings is 1. The quantitative estimate of drug-likeness (QED) is 0.858. The van der Waals surface area contributed by atoms with Crippen LogP contribution in [-0.4, -0.2) is 50.3 Å². The molecule has 1 aliphatic heterocycles. The molecule has 1 heterocycles. The van der Waals surface area contributed by atoms with Crippen LogP contribution < -0.4 is 0 Å². The average molecular weight is 303 g/mol. The molecule has 0 saturated carbocycles. The SMILES string of the molecule is CN(C)C1(C)CCN(S(=O)(=O)c2cccc(Cl)c2)C1. The molecule has 106 valence electrons. The standard InChI is InChI=1S/C13H19ClN2O2S/c1-13(15(2)3)7-8-16(10-13)19(17,18)12-6-4-5-11(14)9-12/h4-6,9H,7-8,10H2,1-3H3. The van der Waals surface area contributed by atoms with Crippen molar-refractivity contribution in [2.75, 3.05) is 27.2 Å². The Morgan fingerprint density at radius 3 is 2.58 bits per heavy atom. The minimum Gasteiger partial charge on any atom is -0.303 e. The van der Waals surface area contributed by atoms with Crippen molar-refractivity contribution in [3.8, 4) is 0 Å². The van der Waals surface area contributed by atoms with Gasteiger partial charge in [-0.15, -0.1) is 0 Å². The first kappa shape index (κ1) is 14.8. The van der Waals surface area contributed by atoms with Crippen LogP contribution in [0.15, 0.2) is 29.2 Å². The summed E-state index contributed by atoms with van der Waals surface area (Å²) in [6, 6.07) is 6.43. The number of halogens is 1. The van der Waals surface area contributed by atoms with Crippen molar-refractivity contribution >= 4 is 21.6 Å². The summed E-state index contributed by atoms with van der Waals surface area (Å²) >= 11 is 5.87. The second-order valence-corrected chi connectivity index (χ2v) is 7.81. The van der Waals surface area contributed by atoms with Gasteiger partial charge in [0, 0.05) is 23.7 Å². The van der Waals surface area contributed by atoms with Crippen LogP contribution in [0.25, 0.3) is 0 Å². The Bertz CT molecular complexity index is 574. The number of sulfonamides is 1. The summed E-state index contributed by atoms with van der Waals surface area (Å²) in [5.41, 5.74) is -0.106. The van der Waals surface area contributed by atoms with Gasteiger partial charge in [0.05, 0.1) is 4.90 Å². The molecule has 1 unspecified atom stereocenters. The maximum atomic E-state index is 12.5. The van der Waals surface area contributed by atoms with E-state index < -0.39 is 10.0 Å². The first-order valence-corrected chi connectivity index (χ1v) is 8.01. The molecule has 0 aromatic heterocycles. The molecule has 0 radical (unpaired) electrons. The van der Waals surface area contributed by atoms with Gasteiger partial charge in [-0.05, 0) is 45.6 Å². The highest BCUT2D eigenvalue weighted by Gasteiger charge is 2.41. The summed E-state index contributed by atoms with van der Waals surface area (Å²) in [6.07, 6.45) is 0.833. The lowest BCUT2D eigenvalue weighted by molar-refractivity contribution is 0.188. The van der Waals surface area contributed by atoms with Gasteiger partial charge in [0.25, 0.3) is 0 Å². The Morgan fingerprint density at radius 1 is 1.37 bits per heavy atom. The molecule has 19 heavy (non-hydrogen) atoms. The topological polar surface area (TPSA) is 40.6 Å². The van der Waals surface area contributed by atoms with E-state index in [1.165, 1.54) is 6.07 Å². The van der Waals surface area contributed by atoms with Gasteiger partial charge < -0.3 is 4.90 Å². The van der Waals surface area contributed by atoms with Crippen molar-refractivity contribution in [1.29, 1.82) is 0 Å². The summed E-state index contributed by atoms with van der Waals surface area (Å²) in [4.78, 5) is 2.35. The van der Waals surface area contributed by atoms with Crippen LogP contribution in [0.1, 0.15) is 13.3 Å². The van der Waals surface area contributed by atoms with E-state index in [2.05, 4.69) is 11.8 Å². The molecular weight excluding hydrogens is 284 g/mol. The van der Waals surface area contributed by atoms with Gasteiger partial charge in [-0.25, -0.2) is 8.42 Å². The maximum Gasteiger partial charge on any atom is 0.243 e. The van der Waals surface area contributed by atoms with E-state index in [4.69, 9.17) is 11.6 Å². The number of hydrogen-bond acceptors (Lipinski definition) is 3. The van der Waals surface area contributed by atoms with Gasteiger partial charge in [-0.1, -0.05) is 17.7 Å². The fourth-order valence-electron chi connectivity index (χ4n) is 2.25. The second kappa shape index (κ2) is 5.05. The van der Waals surface area contributed by atoms with Gasteiger partial charge >= 0.3 is 0 Å². The van der Waals surface area contributed by atoms with E-state index in [9.17, 15) is 8.42 Å². The van der Waals surface area contributed by atoms with E-state index in [1.54, 1.807) is 22.5 Å². The van der Waals surface area contributed by atoms with Crippen molar-refractivity contribution < 1.29 is 8.42 Å². The second-order valence-electron chi connectivity index (χ2n) is 5.44. The lowest BCUT2D eigenvalue weighted by Crippen LogP contribution is -2.44. The first-order valence-electron chi connectivity index (χ1n) is 6.19. The Balaban J connectivity index is 2.28. The van der Waals surface area contributed by atoms with E-state index >= 15 is 0 Å². The Kier molecular flexibility index (Phi) is 3.93. The largest absolute Gasteiger partial charge is 0.303 e. The summed E-state index contributed by atoms with van der Waals surface area (Å²) in [6.45, 7) is 3.14. The third-order valence-electron chi connectivity index (χ3n) is 3.93. The molecule has 0 amide bonds. The lowest BCUT2D eigenvalue weighted by Gasteiger charge is -2.32. The zero-order valence-corrected chi connectivity index (χ0v) is 13.0. The summed E-state index contributed by atoms with van der Waals surface area (Å²) in [7, 11) is 0.520. The fraction of sp³-hybridized carbons (Fsp3) is 0.538. The van der Waals surface area contributed by atoms with Crippen LogP contribution in [0.4, 0.5) is 0 Å². The first-order chi connectivity index (χ1) is 8.75. The highest BCUT2D eigenvalue weighted by Crippen LogP contribution is 2.30. The van der Waals surface area contributed by atoms with Gasteiger partial charge in [-0.2, -0.15) is 4.31 Å². The molecule has 1 aromatic carbocycles. The summed E-state index contributed by atoms with van der Waals surface area (Å²) < 4.78 is 26.6. The number of likely N-dealkylation sites (N-methyl/N-ethyl adjacent to an activating group) is 1. The predicted molar refractivity (Wildman–Crippen MR) is 76.9 cm³/mol. The van der Waals surface area contributed by atoms with E-state index in [-0.39, 0.29) is 10.4 Å². The van der Waals surface area contributed by atoms with E-state index in [0.29, 0.717) is 18.1 Å². The average Bonchev–Trinajstić information content (AvgIpc) is 2.74. The van der Waals surface area contributed by atoms with Crippen LogP contribution in [0.5, 0.6) is 0 Å². The molecule has 4 nitrogen and oxygen atoms in total. The van der Waals surface area contributed by atoms with Crippen molar-refractivity contribution in [3.63, 3.8) is 0 Å². The number of rotatable bonds is 3. The van der Waals surface area contributed by atoms with E-state index in [1.807, 2.05) is 14.1 Å². The molecule has 1 aliphatic rings. The third kappa shape index (κ3) is 2.79. The van der Waals surface area contributed by atoms with Crippen LogP contribution in [0, 0.1) is 0 Å². The van der Waals surface area contributed by atoms with Crippen molar-refractivity contribution in [3.05, 3.63) is 29.3 Å². The highest BCUT2D eigenvalue weighted by molar-refractivity contribution is 7.89. The molecule has 0 spiro atoms. The molecule has 1 saturated heterocycles. The van der Waals surface area contributed by atoms with Crippen molar-refractivity contribution in [2.45, 2.75) is 23.8 Å². The van der Waals surface area contributed by atoms with Crippen LogP contribution in [0.2, 0.25) is 5.02 Å². The molecule has 0 bridgehead atoms. The number of hydrogen-bond donors (Lipinski definition) is 0. The Morgan fingerprint density at radius 2 is 2.05 bits per heavy atom. The molecule has 6 heteroatoms. The Labute approximate surface area is 120 Å². The van der Waals surface area contributed by atoms with Crippen molar-refractivity contribution in [1.82, 2.24) is 9.21 Å². The minimum atomic E-state index is -3.44. The van der Waals surface area contributed by atoms with Gasteiger partial charge in [0.15, 0.2) is 0 Å². The molecule has 1 fully saturated rings. The lowest BCUT2D eigenvalue weighted by atomic mass is 10.0. The van der Waals surface area contributed by atoms with Crippen LogP contribution >= 0.6 is 11.6 Å². The monoisotopic (exact) mass is 302 g/mol. The normalized spacial score (nSPS) is 25.1. The van der Waals surface area contributed by atoms with Crippen molar-refractivity contribution in [2.24, 2.45) is 0 Å². The highest BCUT2D eigenvalue weighted by atomic mass is 35.5. The zero-order valence-electron chi connectivity index (χ0n) is 11.4. The van der Waals surface area contributed by atoms with Gasteiger partial charge in [-0.3, -0.25) is 0 Å². The van der Waals surface area contributed by atoms with Crippen LogP contribution in [0.3, 0.4) is 0 Å². The van der Waals surface area contributed by atoms with E-state index in [0.717, 1.165) is 6.42 Å². The molecule has 0 N–H and O–H groups in total. The summed E-state index contributed by atoms with van der Waals surface area (Å²) in [5.74, 6) is 0. The van der Waals surface area contributed by atoms with Crippen LogP contribution in [-0.2, 0) is 10.0 Å². The zero-order chi connectivity index (χ0) is 14.3. The summed E-state index contributed by atoms with van der Waals surface area (Å²) in [5, 5.41) is 0.440. The Hall–Kier alpha value is -0.620. The molecule has 2 rings (SSSR count). The van der Waals surface area contributed by atoms with Gasteiger partial charge in [0.1, 0.15) is 0 Å². The van der Waals surface area contributed by atoms with Gasteiger partial charge in [0.2, 0.25) is 10.0 Å². The third-order valence-corrected chi connectivity index (χ3v) is 6.01. The maximum absolute atomic E-state index is 12.5. The fourth-order valence-corrected chi connectivity index (χ4v) is 4.11. The predicted octanol–water partition coefficient (Wildman–Crippen LogP) is 2.05.